The molecule has 0 saturated heterocycles. The van der Waals surface area contributed by atoms with Crippen LogP contribution in [0.4, 0.5) is 0 Å². The molecule has 0 amide bonds. The minimum absolute atomic E-state index is 1.16. The van der Waals surface area contributed by atoms with Crippen LogP contribution in [-0.4, -0.2) is 4.98 Å². The number of aromatic amines is 1. The van der Waals surface area contributed by atoms with Crippen molar-refractivity contribution in [1.29, 1.82) is 0 Å². The van der Waals surface area contributed by atoms with Crippen LogP contribution in [0.5, 0.6) is 0 Å². The van der Waals surface area contributed by atoms with E-state index in [2.05, 4.69) is 175 Å². The summed E-state index contributed by atoms with van der Waals surface area (Å²) < 4.78 is 0. The van der Waals surface area contributed by atoms with Gasteiger partial charge in [0.1, 0.15) is 0 Å². The first-order valence-electron chi connectivity index (χ1n) is 16.3. The van der Waals surface area contributed by atoms with Crippen LogP contribution < -0.4 is 0 Å². The molecule has 0 unspecified atom stereocenters. The average Bonchev–Trinajstić information content (AvgIpc) is 3.53. The Kier molecular flexibility index (Phi) is 5.64. The minimum atomic E-state index is 1.16. The van der Waals surface area contributed by atoms with E-state index in [1.165, 1.54) is 92.8 Å². The number of fused-ring (bicyclic) bond motifs is 9. The molecule has 0 bridgehead atoms. The molecule has 10 aromatic rings. The number of nitrogens with one attached hydrogen (secondary N) is 1. The standard InChI is InChI=1S/C46H29N/c1-3-14-34-29(12-1)27-43(39-18-7-5-16-37(34)39)32-24-31(36-21-11-22-42-41-20-9-10-23-45(41)47-46(36)42)25-33(26-32)44-28-30-13-2-4-15-35(30)38-17-6-8-19-40(38)44/h1-28,47H. The molecule has 0 spiro atoms. The molecule has 1 aromatic heterocycles. The first-order valence-corrected chi connectivity index (χ1v) is 16.3. The van der Waals surface area contributed by atoms with Crippen LogP contribution in [0.2, 0.25) is 0 Å². The monoisotopic (exact) mass is 595 g/mol. The highest BCUT2D eigenvalue weighted by Crippen LogP contribution is 2.43. The van der Waals surface area contributed by atoms with Gasteiger partial charge in [-0.1, -0.05) is 133 Å². The van der Waals surface area contributed by atoms with Gasteiger partial charge in [-0.05, 0) is 107 Å². The fraction of sp³-hybridized carbons (Fsp3) is 0. The Labute approximate surface area is 272 Å². The summed E-state index contributed by atoms with van der Waals surface area (Å²) in [5, 5.41) is 12.7. The molecule has 1 N–H and O–H groups in total. The number of hydrogen-bond acceptors (Lipinski definition) is 0. The van der Waals surface area contributed by atoms with E-state index in [0.29, 0.717) is 0 Å². The lowest BCUT2D eigenvalue weighted by molar-refractivity contribution is 1.53. The topological polar surface area (TPSA) is 15.8 Å². The molecule has 9 aromatic carbocycles. The van der Waals surface area contributed by atoms with E-state index in [-0.39, 0.29) is 0 Å². The fourth-order valence-corrected chi connectivity index (χ4v) is 7.79. The molecule has 1 nitrogen and oxygen atoms in total. The molecule has 0 fully saturated rings. The Hall–Kier alpha value is -6.18. The van der Waals surface area contributed by atoms with E-state index in [9.17, 15) is 0 Å². The Morgan fingerprint density at radius 2 is 0.702 bits per heavy atom. The van der Waals surface area contributed by atoms with Crippen molar-refractivity contribution in [1.82, 2.24) is 4.98 Å². The summed E-state index contributed by atoms with van der Waals surface area (Å²) in [6.07, 6.45) is 0. The third kappa shape index (κ3) is 4.03. The number of aromatic nitrogens is 1. The number of benzene rings is 9. The van der Waals surface area contributed by atoms with Crippen molar-refractivity contribution in [2.45, 2.75) is 0 Å². The number of para-hydroxylation sites is 2. The predicted octanol–water partition coefficient (Wildman–Crippen LogP) is 12.9. The average molecular weight is 596 g/mol. The van der Waals surface area contributed by atoms with Gasteiger partial charge in [-0.2, -0.15) is 0 Å². The minimum Gasteiger partial charge on any atom is -0.354 e. The van der Waals surface area contributed by atoms with Crippen LogP contribution in [0.25, 0.3) is 98.3 Å². The van der Waals surface area contributed by atoms with Gasteiger partial charge in [0.15, 0.2) is 0 Å². The van der Waals surface area contributed by atoms with Crippen LogP contribution in [0.15, 0.2) is 170 Å². The smallest absolute Gasteiger partial charge is 0.0544 e. The van der Waals surface area contributed by atoms with Crippen LogP contribution >= 0.6 is 0 Å². The zero-order valence-corrected chi connectivity index (χ0v) is 25.7. The van der Waals surface area contributed by atoms with Gasteiger partial charge in [0, 0.05) is 21.9 Å². The van der Waals surface area contributed by atoms with E-state index < -0.39 is 0 Å². The van der Waals surface area contributed by atoms with Gasteiger partial charge in [0.05, 0.1) is 5.52 Å². The molecular formula is C46H29N. The second kappa shape index (κ2) is 10.2. The van der Waals surface area contributed by atoms with Gasteiger partial charge in [0.2, 0.25) is 0 Å². The second-order valence-electron chi connectivity index (χ2n) is 12.6. The summed E-state index contributed by atoms with van der Waals surface area (Å²) in [4.78, 5) is 3.77. The Morgan fingerprint density at radius 3 is 1.28 bits per heavy atom. The van der Waals surface area contributed by atoms with Gasteiger partial charge in [-0.3, -0.25) is 0 Å². The van der Waals surface area contributed by atoms with Crippen molar-refractivity contribution in [3.05, 3.63) is 170 Å². The van der Waals surface area contributed by atoms with E-state index >= 15 is 0 Å². The lowest BCUT2D eigenvalue weighted by atomic mass is 9.87. The zero-order chi connectivity index (χ0) is 30.9. The first kappa shape index (κ1) is 26.1. The van der Waals surface area contributed by atoms with Gasteiger partial charge < -0.3 is 4.98 Å². The van der Waals surface area contributed by atoms with Gasteiger partial charge in [-0.25, -0.2) is 0 Å². The zero-order valence-electron chi connectivity index (χ0n) is 25.7. The largest absolute Gasteiger partial charge is 0.354 e. The van der Waals surface area contributed by atoms with Gasteiger partial charge in [0.25, 0.3) is 0 Å². The van der Waals surface area contributed by atoms with Crippen LogP contribution in [-0.2, 0) is 0 Å². The summed E-state index contributed by atoms with van der Waals surface area (Å²) >= 11 is 0. The highest BCUT2D eigenvalue weighted by molar-refractivity contribution is 6.17. The van der Waals surface area contributed by atoms with Crippen LogP contribution in [0.3, 0.4) is 0 Å². The van der Waals surface area contributed by atoms with Gasteiger partial charge >= 0.3 is 0 Å². The maximum atomic E-state index is 3.77. The fourth-order valence-electron chi connectivity index (χ4n) is 7.79. The molecule has 10 rings (SSSR count). The van der Waals surface area contributed by atoms with Crippen molar-refractivity contribution >= 4 is 64.9 Å². The van der Waals surface area contributed by atoms with E-state index in [1.807, 2.05) is 0 Å². The first-order chi connectivity index (χ1) is 23.3. The molecule has 218 valence electrons. The van der Waals surface area contributed by atoms with E-state index in [4.69, 9.17) is 0 Å². The van der Waals surface area contributed by atoms with Crippen molar-refractivity contribution in [2.75, 3.05) is 0 Å². The summed E-state index contributed by atoms with van der Waals surface area (Å²) in [6, 6.07) is 62.4. The molecule has 0 radical (unpaired) electrons. The van der Waals surface area contributed by atoms with Gasteiger partial charge in [-0.15, -0.1) is 0 Å². The Bertz CT molecular complexity index is 2710. The van der Waals surface area contributed by atoms with Crippen molar-refractivity contribution in [2.24, 2.45) is 0 Å². The molecule has 0 aliphatic carbocycles. The summed E-state index contributed by atoms with van der Waals surface area (Å²) in [5.41, 5.74) is 9.65. The summed E-state index contributed by atoms with van der Waals surface area (Å²) in [7, 11) is 0. The SMILES string of the molecule is c1ccc2c(c1)cc(-c1cc(-c3cc4ccccc4c4ccccc34)cc(-c3cccc4c3[nH]c3ccccc34)c1)c1ccccc12. The summed E-state index contributed by atoms with van der Waals surface area (Å²) in [6.45, 7) is 0. The Balaban J connectivity index is 1.33. The molecule has 0 aliphatic heterocycles. The third-order valence-corrected chi connectivity index (χ3v) is 9.94. The molecule has 47 heavy (non-hydrogen) atoms. The van der Waals surface area contributed by atoms with E-state index in [1.54, 1.807) is 0 Å². The van der Waals surface area contributed by atoms with Crippen molar-refractivity contribution < 1.29 is 0 Å². The molecule has 1 heteroatoms. The van der Waals surface area contributed by atoms with Crippen LogP contribution in [0, 0.1) is 0 Å². The molecular weight excluding hydrogens is 567 g/mol. The summed E-state index contributed by atoms with van der Waals surface area (Å²) in [5.74, 6) is 0. The van der Waals surface area contributed by atoms with Crippen molar-refractivity contribution in [3.63, 3.8) is 0 Å². The molecule has 0 saturated carbocycles. The number of H-pyrrole nitrogens is 1. The van der Waals surface area contributed by atoms with E-state index in [0.717, 1.165) is 5.52 Å². The third-order valence-electron chi connectivity index (χ3n) is 9.94. The lowest BCUT2D eigenvalue weighted by Gasteiger charge is -2.17. The lowest BCUT2D eigenvalue weighted by Crippen LogP contribution is -1.90. The van der Waals surface area contributed by atoms with Crippen molar-refractivity contribution in [3.8, 4) is 33.4 Å². The Morgan fingerprint density at radius 1 is 0.277 bits per heavy atom. The maximum Gasteiger partial charge on any atom is 0.0544 e. The highest BCUT2D eigenvalue weighted by Gasteiger charge is 2.16. The molecule has 0 atom stereocenters. The normalized spacial score (nSPS) is 11.8. The highest BCUT2D eigenvalue weighted by atomic mass is 14.7. The number of hydrogen-bond donors (Lipinski definition) is 1. The second-order valence-corrected chi connectivity index (χ2v) is 12.6. The molecule has 0 aliphatic rings. The van der Waals surface area contributed by atoms with Crippen LogP contribution in [0.1, 0.15) is 0 Å². The quantitative estimate of drug-likeness (QED) is 0.196. The maximum absolute atomic E-state index is 3.77. The number of rotatable bonds is 3. The predicted molar refractivity (Wildman–Crippen MR) is 202 cm³/mol. The molecule has 1 heterocycles.